The topological polar surface area (TPSA) is 66.8 Å². The maximum Gasteiger partial charge on any atom is 0.524 e. The Labute approximate surface area is 86.7 Å². The van der Waals surface area contributed by atoms with Crippen LogP contribution in [-0.2, 0) is 11.0 Å². The van der Waals surface area contributed by atoms with Crippen LogP contribution in [-0.4, -0.2) is 15.7 Å². The van der Waals surface area contributed by atoms with E-state index in [0.717, 1.165) is 12.0 Å². The Balaban J connectivity index is 2.69. The molecule has 0 aliphatic rings. The van der Waals surface area contributed by atoms with Gasteiger partial charge in [-0.1, -0.05) is 12.1 Å². The van der Waals surface area contributed by atoms with E-state index in [2.05, 4.69) is 4.52 Å². The maximum atomic E-state index is 10.5. The third-order valence-corrected chi connectivity index (χ3v) is 2.17. The van der Waals surface area contributed by atoms with Crippen molar-refractivity contribution in [2.45, 2.75) is 6.42 Å². The van der Waals surface area contributed by atoms with Crippen molar-refractivity contribution >= 4 is 19.4 Å². The zero-order valence-electron chi connectivity index (χ0n) is 7.26. The summed E-state index contributed by atoms with van der Waals surface area (Å²) in [7, 11) is -4.44. The Hall–Kier alpha value is -0.540. The van der Waals surface area contributed by atoms with Crippen LogP contribution in [0.1, 0.15) is 5.56 Å². The molecule has 0 aliphatic heterocycles. The third-order valence-electron chi connectivity index (χ3n) is 1.53. The van der Waals surface area contributed by atoms with Crippen LogP contribution in [0.15, 0.2) is 24.3 Å². The second-order valence-electron chi connectivity index (χ2n) is 2.66. The molecule has 0 atom stereocenters. The lowest BCUT2D eigenvalue weighted by Crippen LogP contribution is -1.91. The molecule has 0 unspecified atom stereocenters. The van der Waals surface area contributed by atoms with Crippen molar-refractivity contribution in [1.82, 2.24) is 0 Å². The van der Waals surface area contributed by atoms with Gasteiger partial charge >= 0.3 is 7.82 Å². The van der Waals surface area contributed by atoms with Gasteiger partial charge in [-0.3, -0.25) is 9.79 Å². The lowest BCUT2D eigenvalue weighted by atomic mass is 10.2. The molecule has 14 heavy (non-hydrogen) atoms. The van der Waals surface area contributed by atoms with Crippen molar-refractivity contribution in [3.63, 3.8) is 0 Å². The Morgan fingerprint density at radius 3 is 2.29 bits per heavy atom. The summed E-state index contributed by atoms with van der Waals surface area (Å²) in [5.41, 5.74) is 0.998. The van der Waals surface area contributed by atoms with Gasteiger partial charge in [-0.05, 0) is 24.1 Å². The molecule has 0 radical (unpaired) electrons. The van der Waals surface area contributed by atoms with Crippen molar-refractivity contribution < 1.29 is 18.9 Å². The molecule has 0 heterocycles. The number of hydrogen-bond acceptors (Lipinski definition) is 2. The zero-order chi connectivity index (χ0) is 10.6. The molecule has 0 amide bonds. The standard InChI is InChI=1S/C8H10ClO4P/c9-6-5-7-1-3-8(4-2-7)13-14(10,11)12/h1-4H,5-6H2,(H2,10,11,12). The number of hydrogen-bond donors (Lipinski definition) is 2. The van der Waals surface area contributed by atoms with Crippen LogP contribution in [0.25, 0.3) is 0 Å². The molecule has 0 aromatic heterocycles. The van der Waals surface area contributed by atoms with E-state index in [0.29, 0.717) is 5.88 Å². The summed E-state index contributed by atoms with van der Waals surface area (Å²) in [6.07, 6.45) is 0.720. The van der Waals surface area contributed by atoms with Crippen molar-refractivity contribution in [1.29, 1.82) is 0 Å². The van der Waals surface area contributed by atoms with Gasteiger partial charge in [0.15, 0.2) is 0 Å². The molecule has 2 N–H and O–H groups in total. The van der Waals surface area contributed by atoms with Gasteiger partial charge in [0.1, 0.15) is 5.75 Å². The molecule has 78 valence electrons. The molecule has 4 nitrogen and oxygen atoms in total. The predicted octanol–water partition coefficient (Wildman–Crippen LogP) is 1.94. The smallest absolute Gasteiger partial charge is 0.404 e. The van der Waals surface area contributed by atoms with E-state index in [9.17, 15) is 4.57 Å². The minimum atomic E-state index is -4.44. The van der Waals surface area contributed by atoms with Crippen LogP contribution in [0.4, 0.5) is 0 Å². The van der Waals surface area contributed by atoms with Crippen LogP contribution in [0, 0.1) is 0 Å². The van der Waals surface area contributed by atoms with E-state index in [1.54, 1.807) is 12.1 Å². The molecule has 1 aromatic carbocycles. The first-order valence-corrected chi connectivity index (χ1v) is 5.98. The maximum absolute atomic E-state index is 10.5. The van der Waals surface area contributed by atoms with Crippen LogP contribution < -0.4 is 4.52 Å². The Morgan fingerprint density at radius 2 is 1.86 bits per heavy atom. The number of benzene rings is 1. The third kappa shape index (κ3) is 4.11. The van der Waals surface area contributed by atoms with Crippen molar-refractivity contribution in [2.24, 2.45) is 0 Å². The SMILES string of the molecule is O=P(O)(O)Oc1ccc(CCCl)cc1. The fourth-order valence-corrected chi connectivity index (χ4v) is 1.58. The fourth-order valence-electron chi connectivity index (χ4n) is 0.963. The fraction of sp³-hybridized carbons (Fsp3) is 0.250. The van der Waals surface area contributed by atoms with Gasteiger partial charge in [0, 0.05) is 5.88 Å². The summed E-state index contributed by atoms with van der Waals surface area (Å²) < 4.78 is 14.8. The summed E-state index contributed by atoms with van der Waals surface area (Å²) >= 11 is 5.53. The minimum Gasteiger partial charge on any atom is -0.404 e. The number of halogens is 1. The monoisotopic (exact) mass is 236 g/mol. The quantitative estimate of drug-likeness (QED) is 0.619. The van der Waals surface area contributed by atoms with Crippen molar-refractivity contribution in [3.05, 3.63) is 29.8 Å². The highest BCUT2D eigenvalue weighted by Gasteiger charge is 2.15. The molecule has 0 aliphatic carbocycles. The van der Waals surface area contributed by atoms with E-state index in [4.69, 9.17) is 21.4 Å². The van der Waals surface area contributed by atoms with Gasteiger partial charge in [0.25, 0.3) is 0 Å². The average Bonchev–Trinajstić information content (AvgIpc) is 2.06. The largest absolute Gasteiger partial charge is 0.524 e. The molecular formula is C8H10ClO4P. The molecule has 0 fully saturated rings. The first-order valence-electron chi connectivity index (χ1n) is 3.91. The van der Waals surface area contributed by atoms with Crippen LogP contribution in [0.3, 0.4) is 0 Å². The van der Waals surface area contributed by atoms with Crippen molar-refractivity contribution in [2.75, 3.05) is 5.88 Å². The lowest BCUT2D eigenvalue weighted by molar-refractivity contribution is 0.283. The van der Waals surface area contributed by atoms with Gasteiger partial charge in [0.2, 0.25) is 0 Å². The average molecular weight is 237 g/mol. The summed E-state index contributed by atoms with van der Waals surface area (Å²) in [4.78, 5) is 17.0. The zero-order valence-corrected chi connectivity index (χ0v) is 8.91. The lowest BCUT2D eigenvalue weighted by Gasteiger charge is -2.06. The van der Waals surface area contributed by atoms with Crippen LogP contribution in [0.2, 0.25) is 0 Å². The molecule has 0 saturated carbocycles. The first-order chi connectivity index (χ1) is 6.51. The minimum absolute atomic E-state index is 0.150. The van der Waals surface area contributed by atoms with Crippen molar-refractivity contribution in [3.8, 4) is 5.75 Å². The Morgan fingerprint density at radius 1 is 1.29 bits per heavy atom. The molecule has 0 saturated heterocycles. The van der Waals surface area contributed by atoms with Crippen LogP contribution >= 0.6 is 19.4 Å². The van der Waals surface area contributed by atoms with Gasteiger partial charge in [-0.25, -0.2) is 4.57 Å². The highest BCUT2D eigenvalue weighted by Crippen LogP contribution is 2.37. The van der Waals surface area contributed by atoms with Gasteiger partial charge in [-0.2, -0.15) is 0 Å². The van der Waals surface area contributed by atoms with E-state index in [1.165, 1.54) is 12.1 Å². The highest BCUT2D eigenvalue weighted by atomic mass is 35.5. The van der Waals surface area contributed by atoms with E-state index in [1.807, 2.05) is 0 Å². The van der Waals surface area contributed by atoms with Gasteiger partial charge < -0.3 is 4.52 Å². The normalized spacial score (nSPS) is 11.4. The van der Waals surface area contributed by atoms with E-state index in [-0.39, 0.29) is 5.75 Å². The van der Waals surface area contributed by atoms with E-state index >= 15 is 0 Å². The predicted molar refractivity (Wildman–Crippen MR) is 53.5 cm³/mol. The Kier molecular flexibility index (Phi) is 3.96. The molecule has 0 bridgehead atoms. The Bertz CT molecular complexity index is 332. The summed E-state index contributed by atoms with van der Waals surface area (Å²) in [5, 5.41) is 0. The summed E-state index contributed by atoms with van der Waals surface area (Å²) in [5.74, 6) is 0.662. The number of phosphoric acid groups is 1. The van der Waals surface area contributed by atoms with Gasteiger partial charge in [0.05, 0.1) is 0 Å². The molecule has 1 aromatic rings. The van der Waals surface area contributed by atoms with E-state index < -0.39 is 7.82 Å². The highest BCUT2D eigenvalue weighted by molar-refractivity contribution is 7.46. The molecule has 1 rings (SSSR count). The molecular weight excluding hydrogens is 227 g/mol. The summed E-state index contributed by atoms with van der Waals surface area (Å²) in [6.45, 7) is 0. The number of alkyl halides is 1. The number of phosphoric ester groups is 1. The second kappa shape index (κ2) is 4.80. The summed E-state index contributed by atoms with van der Waals surface area (Å²) in [6, 6.07) is 6.43. The number of rotatable bonds is 4. The molecule has 0 spiro atoms. The molecule has 6 heteroatoms. The second-order valence-corrected chi connectivity index (χ2v) is 4.21. The van der Waals surface area contributed by atoms with Gasteiger partial charge in [-0.15, -0.1) is 11.6 Å². The van der Waals surface area contributed by atoms with Crippen LogP contribution in [0.5, 0.6) is 5.75 Å². The number of aryl methyl sites for hydroxylation is 1. The first kappa shape index (κ1) is 11.5.